The van der Waals surface area contributed by atoms with Crippen molar-refractivity contribution in [3.63, 3.8) is 0 Å². The van der Waals surface area contributed by atoms with Gasteiger partial charge in [-0.05, 0) is 68.7 Å². The second-order valence-electron chi connectivity index (χ2n) is 8.35. The fourth-order valence-corrected chi connectivity index (χ4v) is 5.17. The lowest BCUT2D eigenvalue weighted by Crippen LogP contribution is -2.37. The van der Waals surface area contributed by atoms with E-state index in [1.807, 2.05) is 0 Å². The molecule has 20 heavy (non-hydrogen) atoms. The fraction of sp³-hybridized carbons (Fsp3) is 1.00. The van der Waals surface area contributed by atoms with Crippen LogP contribution in [0, 0.1) is 17.3 Å². The average Bonchev–Trinajstić information content (AvgIpc) is 2.92. The topological polar surface area (TPSA) is 12.0 Å². The zero-order chi connectivity index (χ0) is 13.8. The SMILES string of the molecule is CC1CCC(CCNC2CCC3(CCCC3)CC2)CC1. The zero-order valence-electron chi connectivity index (χ0n) is 13.6. The molecular weight excluding hydrogens is 242 g/mol. The van der Waals surface area contributed by atoms with Crippen LogP contribution in [-0.2, 0) is 0 Å². The van der Waals surface area contributed by atoms with E-state index >= 15 is 0 Å². The Morgan fingerprint density at radius 3 is 2.15 bits per heavy atom. The van der Waals surface area contributed by atoms with Crippen LogP contribution in [0.25, 0.3) is 0 Å². The minimum Gasteiger partial charge on any atom is -0.314 e. The van der Waals surface area contributed by atoms with Gasteiger partial charge in [0.05, 0.1) is 0 Å². The lowest BCUT2D eigenvalue weighted by atomic mass is 9.71. The van der Waals surface area contributed by atoms with Gasteiger partial charge < -0.3 is 5.32 Å². The Balaban J connectivity index is 1.30. The third kappa shape index (κ3) is 3.78. The van der Waals surface area contributed by atoms with E-state index < -0.39 is 0 Å². The molecule has 0 aromatic rings. The van der Waals surface area contributed by atoms with Crippen molar-refractivity contribution < 1.29 is 0 Å². The first-order valence-electron chi connectivity index (χ1n) is 9.49. The van der Waals surface area contributed by atoms with Crippen LogP contribution in [0.2, 0.25) is 0 Å². The molecule has 0 unspecified atom stereocenters. The fourth-order valence-electron chi connectivity index (χ4n) is 5.17. The van der Waals surface area contributed by atoms with Gasteiger partial charge in [-0.2, -0.15) is 0 Å². The van der Waals surface area contributed by atoms with Crippen molar-refractivity contribution >= 4 is 0 Å². The maximum Gasteiger partial charge on any atom is 0.00674 e. The second-order valence-corrected chi connectivity index (χ2v) is 8.35. The Morgan fingerprint density at radius 2 is 1.50 bits per heavy atom. The Hall–Kier alpha value is -0.0400. The average molecular weight is 277 g/mol. The van der Waals surface area contributed by atoms with Gasteiger partial charge in [0.1, 0.15) is 0 Å². The lowest BCUT2D eigenvalue weighted by Gasteiger charge is -2.38. The van der Waals surface area contributed by atoms with Gasteiger partial charge in [0.2, 0.25) is 0 Å². The first-order chi connectivity index (χ1) is 9.76. The molecule has 3 fully saturated rings. The minimum atomic E-state index is 0.803. The van der Waals surface area contributed by atoms with E-state index in [0.717, 1.165) is 23.3 Å². The summed E-state index contributed by atoms with van der Waals surface area (Å²) in [6.07, 6.45) is 19.5. The highest BCUT2D eigenvalue weighted by Crippen LogP contribution is 2.48. The van der Waals surface area contributed by atoms with Gasteiger partial charge in [-0.1, -0.05) is 45.4 Å². The van der Waals surface area contributed by atoms with Crippen LogP contribution in [0.3, 0.4) is 0 Å². The number of rotatable bonds is 4. The van der Waals surface area contributed by atoms with Crippen molar-refractivity contribution in [2.75, 3.05) is 6.54 Å². The van der Waals surface area contributed by atoms with Crippen molar-refractivity contribution in [1.82, 2.24) is 5.32 Å². The predicted octanol–water partition coefficient (Wildman–Crippen LogP) is 5.30. The first kappa shape index (κ1) is 14.9. The normalized spacial score (nSPS) is 34.6. The summed E-state index contributed by atoms with van der Waals surface area (Å²) >= 11 is 0. The van der Waals surface area contributed by atoms with Gasteiger partial charge in [-0.15, -0.1) is 0 Å². The third-order valence-electron chi connectivity index (χ3n) is 6.83. The van der Waals surface area contributed by atoms with Crippen molar-refractivity contribution in [2.24, 2.45) is 17.3 Å². The molecule has 0 amide bonds. The van der Waals surface area contributed by atoms with E-state index in [2.05, 4.69) is 12.2 Å². The molecule has 0 aromatic heterocycles. The Bertz CT molecular complexity index is 274. The maximum absolute atomic E-state index is 3.89. The summed E-state index contributed by atoms with van der Waals surface area (Å²) in [5.74, 6) is 2.03. The molecule has 116 valence electrons. The number of nitrogens with one attached hydrogen (secondary N) is 1. The smallest absolute Gasteiger partial charge is 0.00674 e. The molecule has 0 saturated heterocycles. The van der Waals surface area contributed by atoms with Gasteiger partial charge in [0.25, 0.3) is 0 Å². The largest absolute Gasteiger partial charge is 0.314 e. The highest BCUT2D eigenvalue weighted by molar-refractivity contribution is 4.91. The second kappa shape index (κ2) is 6.81. The van der Waals surface area contributed by atoms with Gasteiger partial charge in [-0.25, -0.2) is 0 Å². The van der Waals surface area contributed by atoms with E-state index in [-0.39, 0.29) is 0 Å². The first-order valence-corrected chi connectivity index (χ1v) is 9.49. The summed E-state index contributed by atoms with van der Waals surface area (Å²) in [6.45, 7) is 3.71. The van der Waals surface area contributed by atoms with E-state index in [1.54, 1.807) is 12.8 Å². The Kier molecular flexibility index (Phi) is 5.07. The van der Waals surface area contributed by atoms with Crippen molar-refractivity contribution in [1.29, 1.82) is 0 Å². The van der Waals surface area contributed by atoms with Gasteiger partial charge >= 0.3 is 0 Å². The molecule has 0 aliphatic heterocycles. The molecule has 0 bridgehead atoms. The predicted molar refractivity (Wildman–Crippen MR) is 86.9 cm³/mol. The van der Waals surface area contributed by atoms with E-state index in [4.69, 9.17) is 0 Å². The van der Waals surface area contributed by atoms with E-state index in [0.29, 0.717) is 0 Å². The summed E-state index contributed by atoms with van der Waals surface area (Å²) in [5, 5.41) is 3.89. The summed E-state index contributed by atoms with van der Waals surface area (Å²) in [4.78, 5) is 0. The van der Waals surface area contributed by atoms with Gasteiger partial charge in [0.15, 0.2) is 0 Å². The van der Waals surface area contributed by atoms with Crippen LogP contribution in [0.15, 0.2) is 0 Å². The number of hydrogen-bond donors (Lipinski definition) is 1. The minimum absolute atomic E-state index is 0.803. The molecule has 0 atom stereocenters. The van der Waals surface area contributed by atoms with Crippen molar-refractivity contribution in [3.05, 3.63) is 0 Å². The zero-order valence-corrected chi connectivity index (χ0v) is 13.6. The van der Waals surface area contributed by atoms with Crippen molar-refractivity contribution in [3.8, 4) is 0 Å². The summed E-state index contributed by atoms with van der Waals surface area (Å²) < 4.78 is 0. The molecule has 1 heteroatoms. The van der Waals surface area contributed by atoms with Crippen molar-refractivity contribution in [2.45, 2.75) is 96.4 Å². The Morgan fingerprint density at radius 1 is 0.850 bits per heavy atom. The maximum atomic E-state index is 3.89. The molecule has 3 rings (SSSR count). The quantitative estimate of drug-likeness (QED) is 0.735. The summed E-state index contributed by atoms with van der Waals surface area (Å²) in [7, 11) is 0. The standard InChI is InChI=1S/C19H35N/c1-16-4-6-17(7-5-16)10-15-20-18-8-13-19(14-9-18)11-2-3-12-19/h16-18,20H,2-15H2,1H3. The van der Waals surface area contributed by atoms with Crippen LogP contribution in [0.4, 0.5) is 0 Å². The highest BCUT2D eigenvalue weighted by Gasteiger charge is 2.37. The van der Waals surface area contributed by atoms with Crippen LogP contribution >= 0.6 is 0 Å². The molecule has 3 aliphatic carbocycles. The monoisotopic (exact) mass is 277 g/mol. The Labute approximate surface area is 126 Å². The van der Waals surface area contributed by atoms with Crippen LogP contribution < -0.4 is 5.32 Å². The molecule has 1 N–H and O–H groups in total. The van der Waals surface area contributed by atoms with E-state index in [9.17, 15) is 0 Å². The van der Waals surface area contributed by atoms with Gasteiger partial charge in [-0.3, -0.25) is 0 Å². The van der Waals surface area contributed by atoms with Gasteiger partial charge in [0, 0.05) is 6.04 Å². The molecular formula is C19H35N. The molecule has 3 aliphatic rings. The van der Waals surface area contributed by atoms with Crippen LogP contribution in [0.5, 0.6) is 0 Å². The molecule has 3 saturated carbocycles. The van der Waals surface area contributed by atoms with Crippen LogP contribution in [0.1, 0.15) is 90.4 Å². The summed E-state index contributed by atoms with van der Waals surface area (Å²) in [6, 6.07) is 0.851. The molecule has 1 spiro atoms. The van der Waals surface area contributed by atoms with E-state index in [1.165, 1.54) is 77.2 Å². The lowest BCUT2D eigenvalue weighted by molar-refractivity contribution is 0.166. The van der Waals surface area contributed by atoms with Crippen LogP contribution in [-0.4, -0.2) is 12.6 Å². The molecule has 0 heterocycles. The highest BCUT2D eigenvalue weighted by atomic mass is 14.9. The molecule has 1 nitrogen and oxygen atoms in total. The number of hydrogen-bond acceptors (Lipinski definition) is 1. The molecule has 0 aromatic carbocycles. The summed E-state index contributed by atoms with van der Waals surface area (Å²) in [5.41, 5.74) is 0.803. The third-order valence-corrected chi connectivity index (χ3v) is 6.83. The molecule has 0 radical (unpaired) electrons.